The van der Waals surface area contributed by atoms with E-state index in [1.165, 1.54) is 9.80 Å². The minimum absolute atomic E-state index is 0.00355. The first-order chi connectivity index (χ1) is 28.1. The van der Waals surface area contributed by atoms with Crippen LogP contribution in [0, 0.1) is 23.7 Å². The first kappa shape index (κ1) is 44.4. The van der Waals surface area contributed by atoms with E-state index in [-0.39, 0.29) is 39.3 Å². The minimum atomic E-state index is -1.23. The van der Waals surface area contributed by atoms with Crippen LogP contribution in [-0.2, 0) is 54.9 Å². The van der Waals surface area contributed by atoms with E-state index in [4.69, 9.17) is 26.2 Å². The lowest BCUT2D eigenvalue weighted by Crippen LogP contribution is -2.35. The summed E-state index contributed by atoms with van der Waals surface area (Å²) in [5.41, 5.74) is 16.4. The van der Waals surface area contributed by atoms with E-state index in [1.807, 2.05) is 0 Å². The summed E-state index contributed by atoms with van der Waals surface area (Å²) < 4.78 is 5.27. The van der Waals surface area contributed by atoms with Crippen molar-refractivity contribution in [1.82, 2.24) is 24.7 Å². The van der Waals surface area contributed by atoms with Gasteiger partial charge < -0.3 is 36.6 Å². The first-order valence-corrected chi connectivity index (χ1v) is 18.1. The zero-order valence-electron chi connectivity index (χ0n) is 32.1. The molecule has 0 bridgehead atoms. The number of benzene rings is 2. The number of carbonyl (C=O) groups is 5. The third kappa shape index (κ3) is 16.4. The maximum Gasteiger partial charge on any atom is 0.320 e. The second-order valence-corrected chi connectivity index (χ2v) is 13.2. The van der Waals surface area contributed by atoms with Gasteiger partial charge in [-0.15, -0.1) is 0 Å². The molecule has 0 aliphatic heterocycles. The number of esters is 1. The number of carboxylic acids is 4. The number of nitrogens with zero attached hydrogens (tertiary/aromatic N) is 5. The molecule has 0 amide bonds. The van der Waals surface area contributed by atoms with Crippen molar-refractivity contribution < 1.29 is 49.1 Å². The molecule has 4 aromatic rings. The largest absolute Gasteiger partial charge is 0.480 e. The Morgan fingerprint density at radius 3 is 1.12 bits per heavy atom. The first-order valence-electron chi connectivity index (χ1n) is 18.1. The number of pyridine rings is 2. The number of aliphatic carboxylic acids is 4. The lowest BCUT2D eigenvalue weighted by atomic mass is 10.1. The molecule has 17 heteroatoms. The number of ether oxygens (including phenoxy) is 1. The Kier molecular flexibility index (Phi) is 16.4. The zero-order chi connectivity index (χ0) is 42.9. The number of carbonyl (C=O) groups excluding carboxylic acids is 1. The highest BCUT2D eigenvalue weighted by atomic mass is 16.5. The molecule has 306 valence electrons. The molecule has 0 unspecified atom stereocenters. The van der Waals surface area contributed by atoms with Gasteiger partial charge in [0.2, 0.25) is 0 Å². The molecule has 0 fully saturated rings. The second kappa shape index (κ2) is 21.8. The monoisotopic (exact) mass is 805 g/mol. The minimum Gasteiger partial charge on any atom is -0.480 e. The molecule has 0 spiro atoms. The van der Waals surface area contributed by atoms with Crippen LogP contribution in [-0.4, -0.2) is 114 Å². The number of aromatic nitrogens is 2. The standard InChI is InChI=1S/C42H43N7O10/c1-2-59-42(58)27-47(19-34-15-30(5-3-28-7-11-32(43)12-8-28)17-36(45-34)21-48(23-38(50)51)24-39(52)53)20-35-16-31(6-4-29-9-13-33(44)14-10-29)18-37(46-35)22-49(25-40(54)55)26-41(56)57/h7-18H,2,19-27,43-44H2,1H3,(H,50,51)(H,52,53)(H,54,55)(H,56,57). The Bertz CT molecular complexity index is 2090. The molecule has 0 aliphatic carbocycles. The smallest absolute Gasteiger partial charge is 0.320 e. The fourth-order valence-corrected chi connectivity index (χ4v) is 5.76. The van der Waals surface area contributed by atoms with Gasteiger partial charge in [-0.1, -0.05) is 23.7 Å². The Balaban J connectivity index is 1.78. The summed E-state index contributed by atoms with van der Waals surface area (Å²) in [4.78, 5) is 72.8. The molecule has 0 saturated carbocycles. The molecule has 0 saturated heterocycles. The van der Waals surface area contributed by atoms with E-state index in [2.05, 4.69) is 23.7 Å². The molecular weight excluding hydrogens is 763 g/mol. The maximum atomic E-state index is 13.0. The summed E-state index contributed by atoms with van der Waals surface area (Å²) in [5, 5.41) is 37.8. The van der Waals surface area contributed by atoms with E-state index in [0.717, 1.165) is 0 Å². The molecule has 0 atom stereocenters. The Labute approximate surface area is 339 Å². The molecule has 2 aromatic heterocycles. The van der Waals surface area contributed by atoms with Crippen molar-refractivity contribution >= 4 is 41.2 Å². The average Bonchev–Trinajstić information content (AvgIpc) is 3.13. The van der Waals surface area contributed by atoms with Crippen molar-refractivity contribution in [3.63, 3.8) is 0 Å². The Morgan fingerprint density at radius 2 is 0.814 bits per heavy atom. The number of carboxylic acid groups (broad SMARTS) is 4. The normalized spacial score (nSPS) is 10.7. The maximum absolute atomic E-state index is 13.0. The predicted octanol–water partition coefficient (Wildman–Crippen LogP) is 1.95. The van der Waals surface area contributed by atoms with Gasteiger partial charge in [-0.2, -0.15) is 0 Å². The van der Waals surface area contributed by atoms with Gasteiger partial charge in [0.25, 0.3) is 0 Å². The quantitative estimate of drug-likeness (QED) is 0.0449. The van der Waals surface area contributed by atoms with Gasteiger partial charge in [-0.25, -0.2) is 0 Å². The van der Waals surface area contributed by atoms with Crippen molar-refractivity contribution in [3.05, 3.63) is 118 Å². The molecule has 2 aromatic carbocycles. The van der Waals surface area contributed by atoms with Gasteiger partial charge in [0, 0.05) is 59.8 Å². The fraction of sp³-hybridized carbons (Fsp3) is 0.262. The third-order valence-corrected chi connectivity index (χ3v) is 8.02. The number of rotatable bonds is 19. The number of anilines is 2. The van der Waals surface area contributed by atoms with E-state index < -0.39 is 56.0 Å². The molecule has 8 N–H and O–H groups in total. The fourth-order valence-electron chi connectivity index (χ4n) is 5.76. The Hall–Kier alpha value is -7.31. The number of hydrogen-bond donors (Lipinski definition) is 6. The van der Waals surface area contributed by atoms with Crippen LogP contribution in [0.15, 0.2) is 72.8 Å². The van der Waals surface area contributed by atoms with Crippen LogP contribution in [0.5, 0.6) is 0 Å². The topological polar surface area (TPSA) is 263 Å². The van der Waals surface area contributed by atoms with Gasteiger partial charge in [-0.3, -0.25) is 48.6 Å². The molecule has 17 nitrogen and oxygen atoms in total. The highest BCUT2D eigenvalue weighted by Crippen LogP contribution is 2.16. The van der Waals surface area contributed by atoms with Crippen LogP contribution in [0.1, 0.15) is 52.0 Å². The third-order valence-electron chi connectivity index (χ3n) is 8.02. The van der Waals surface area contributed by atoms with Gasteiger partial charge >= 0.3 is 29.8 Å². The summed E-state index contributed by atoms with van der Waals surface area (Å²) in [6.07, 6.45) is 0. The Morgan fingerprint density at radius 1 is 0.508 bits per heavy atom. The lowest BCUT2D eigenvalue weighted by molar-refractivity contribution is -0.145. The van der Waals surface area contributed by atoms with Gasteiger partial charge in [0.15, 0.2) is 0 Å². The predicted molar refractivity (Wildman–Crippen MR) is 214 cm³/mol. The van der Waals surface area contributed by atoms with Gasteiger partial charge in [0.1, 0.15) is 0 Å². The number of hydrogen-bond acceptors (Lipinski definition) is 13. The van der Waals surface area contributed by atoms with Crippen LogP contribution in [0.3, 0.4) is 0 Å². The van der Waals surface area contributed by atoms with Crippen LogP contribution < -0.4 is 11.5 Å². The lowest BCUT2D eigenvalue weighted by Gasteiger charge is -2.23. The van der Waals surface area contributed by atoms with Gasteiger partial charge in [0.05, 0.1) is 62.1 Å². The summed E-state index contributed by atoms with van der Waals surface area (Å²) in [6.45, 7) is -1.03. The SMILES string of the molecule is CCOC(=O)CN(Cc1cc(C#Cc2ccc(N)cc2)cc(CN(CC(=O)O)CC(=O)O)n1)Cc1cc(C#Cc2ccc(N)cc2)cc(CN(CC(=O)O)CC(=O)O)n1. The molecule has 0 aliphatic rings. The van der Waals surface area contributed by atoms with E-state index in [0.29, 0.717) is 56.4 Å². The average molecular weight is 806 g/mol. The van der Waals surface area contributed by atoms with E-state index in [1.54, 1.807) is 84.6 Å². The zero-order valence-corrected chi connectivity index (χ0v) is 32.1. The van der Waals surface area contributed by atoms with Crippen molar-refractivity contribution in [1.29, 1.82) is 0 Å². The summed E-state index contributed by atoms with van der Waals surface area (Å²) in [7, 11) is 0. The van der Waals surface area contributed by atoms with Crippen LogP contribution in [0.25, 0.3) is 0 Å². The van der Waals surface area contributed by atoms with Crippen molar-refractivity contribution in [3.8, 4) is 23.7 Å². The highest BCUT2D eigenvalue weighted by Gasteiger charge is 2.20. The molecule has 0 radical (unpaired) electrons. The molecular formula is C42H43N7O10. The van der Waals surface area contributed by atoms with Gasteiger partial charge in [-0.05, 0) is 79.7 Å². The van der Waals surface area contributed by atoms with Crippen molar-refractivity contribution in [2.24, 2.45) is 0 Å². The second-order valence-electron chi connectivity index (χ2n) is 13.2. The van der Waals surface area contributed by atoms with Crippen molar-refractivity contribution in [2.75, 3.05) is 50.8 Å². The highest BCUT2D eigenvalue weighted by molar-refractivity contribution is 5.73. The van der Waals surface area contributed by atoms with Crippen LogP contribution in [0.2, 0.25) is 0 Å². The molecule has 59 heavy (non-hydrogen) atoms. The molecule has 4 rings (SSSR count). The number of nitrogens with two attached hydrogens (primary N) is 2. The summed E-state index contributed by atoms with van der Waals surface area (Å²) >= 11 is 0. The van der Waals surface area contributed by atoms with Crippen LogP contribution >= 0.6 is 0 Å². The van der Waals surface area contributed by atoms with Crippen molar-refractivity contribution in [2.45, 2.75) is 33.1 Å². The van der Waals surface area contributed by atoms with E-state index >= 15 is 0 Å². The molecule has 2 heterocycles. The summed E-state index contributed by atoms with van der Waals surface area (Å²) in [5.74, 6) is 6.78. The number of nitrogen functional groups attached to an aromatic ring is 2. The van der Waals surface area contributed by atoms with E-state index in [9.17, 15) is 44.4 Å². The van der Waals surface area contributed by atoms with Crippen LogP contribution in [0.4, 0.5) is 11.4 Å². The summed E-state index contributed by atoms with van der Waals surface area (Å²) in [6, 6.07) is 20.4.